The number of H-pyrrole nitrogens is 1. The Hall–Kier alpha value is -3.09. The summed E-state index contributed by atoms with van der Waals surface area (Å²) in [6, 6.07) is 8.12. The molecule has 2 heterocycles. The van der Waals surface area contributed by atoms with E-state index in [0.29, 0.717) is 5.56 Å². The second-order valence-electron chi connectivity index (χ2n) is 6.20. The minimum absolute atomic E-state index is 0.00561. The van der Waals surface area contributed by atoms with Gasteiger partial charge in [0.15, 0.2) is 0 Å². The van der Waals surface area contributed by atoms with Crippen LogP contribution in [0.4, 0.5) is 9.39 Å². The number of hydrogen-bond donors (Lipinski definition) is 3. The minimum Gasteiger partial charge on any atom is -0.355 e. The lowest BCUT2D eigenvalue weighted by Gasteiger charge is -2.16. The van der Waals surface area contributed by atoms with E-state index in [1.807, 2.05) is 0 Å². The van der Waals surface area contributed by atoms with Gasteiger partial charge in [0.1, 0.15) is 20.7 Å². The number of aromatic amines is 1. The van der Waals surface area contributed by atoms with Gasteiger partial charge in [-0.2, -0.15) is 9.40 Å². The van der Waals surface area contributed by atoms with Gasteiger partial charge in [0.05, 0.1) is 5.56 Å². The maximum atomic E-state index is 13.1. The maximum Gasteiger partial charge on any atom is 0.274 e. The van der Waals surface area contributed by atoms with E-state index in [4.69, 9.17) is 0 Å². The number of hydrogen-bond acceptors (Lipinski definition) is 6. The lowest BCUT2D eigenvalue weighted by Crippen LogP contribution is -2.26. The molecular formula is C18H18FN5O4S2. The van der Waals surface area contributed by atoms with Crippen LogP contribution in [0, 0.1) is 5.82 Å². The van der Waals surface area contributed by atoms with Crippen LogP contribution in [0.2, 0.25) is 0 Å². The lowest BCUT2D eigenvalue weighted by molar-refractivity contribution is 0.0964. The summed E-state index contributed by atoms with van der Waals surface area (Å²) in [6.45, 7) is 0.00561. The standard InChI is InChI=1S/C18H18FN5O4S2/c1-20-16(25)13-9-15(29-18(13)22-17(26)14-7-8-21-23-14)30(27,28)24(2)10-11-3-5-12(19)6-4-11/h3-9H,10H2,1-2H3,(H,20,25)(H,21,23)(H,22,26). The van der Waals surface area contributed by atoms with Crippen molar-refractivity contribution in [3.05, 3.63) is 65.2 Å². The van der Waals surface area contributed by atoms with Gasteiger partial charge in [-0.1, -0.05) is 12.1 Å². The van der Waals surface area contributed by atoms with Gasteiger partial charge in [-0.3, -0.25) is 14.7 Å². The van der Waals surface area contributed by atoms with E-state index in [1.165, 1.54) is 56.7 Å². The second-order valence-corrected chi connectivity index (χ2v) is 9.52. The number of aromatic nitrogens is 2. The van der Waals surface area contributed by atoms with Crippen molar-refractivity contribution >= 4 is 38.2 Å². The largest absolute Gasteiger partial charge is 0.355 e. The summed E-state index contributed by atoms with van der Waals surface area (Å²) < 4.78 is 40.0. The van der Waals surface area contributed by atoms with Crippen LogP contribution < -0.4 is 10.6 Å². The molecule has 12 heteroatoms. The number of nitrogens with zero attached hydrogens (tertiary/aromatic N) is 2. The molecule has 2 aromatic heterocycles. The maximum absolute atomic E-state index is 13.1. The highest BCUT2D eigenvalue weighted by Crippen LogP contribution is 2.33. The fraction of sp³-hybridized carbons (Fsp3) is 0.167. The highest BCUT2D eigenvalue weighted by molar-refractivity contribution is 7.91. The van der Waals surface area contributed by atoms with Gasteiger partial charge in [0.25, 0.3) is 21.8 Å². The van der Waals surface area contributed by atoms with Crippen molar-refractivity contribution in [2.24, 2.45) is 0 Å². The average molecular weight is 452 g/mol. The molecule has 1 aromatic carbocycles. The molecule has 9 nitrogen and oxygen atoms in total. The molecule has 0 bridgehead atoms. The first-order chi connectivity index (χ1) is 14.2. The number of carbonyl (C=O) groups is 2. The Balaban J connectivity index is 1.90. The number of sulfonamides is 1. The van der Waals surface area contributed by atoms with Crippen molar-refractivity contribution < 1.29 is 22.4 Å². The van der Waals surface area contributed by atoms with Gasteiger partial charge in [0.2, 0.25) is 0 Å². The Labute approximate surface area is 176 Å². The normalized spacial score (nSPS) is 11.5. The predicted molar refractivity (Wildman–Crippen MR) is 109 cm³/mol. The Morgan fingerprint density at radius 2 is 1.90 bits per heavy atom. The molecule has 3 aromatic rings. The Kier molecular flexibility index (Phi) is 6.29. The number of halogens is 1. The van der Waals surface area contributed by atoms with Gasteiger partial charge in [-0.05, 0) is 29.8 Å². The number of thiophene rings is 1. The first-order valence-electron chi connectivity index (χ1n) is 8.60. The first-order valence-corrected chi connectivity index (χ1v) is 10.9. The molecule has 158 valence electrons. The van der Waals surface area contributed by atoms with Crippen LogP contribution in [-0.2, 0) is 16.6 Å². The lowest BCUT2D eigenvalue weighted by atomic mass is 10.2. The molecule has 3 N–H and O–H groups in total. The van der Waals surface area contributed by atoms with Crippen molar-refractivity contribution in [1.82, 2.24) is 19.8 Å². The molecule has 0 atom stereocenters. The molecule has 0 aliphatic rings. The number of benzene rings is 1. The van der Waals surface area contributed by atoms with Crippen LogP contribution in [0.3, 0.4) is 0 Å². The molecule has 3 rings (SSSR count). The van der Waals surface area contributed by atoms with Crippen molar-refractivity contribution in [2.75, 3.05) is 19.4 Å². The average Bonchev–Trinajstić information content (AvgIpc) is 3.39. The number of rotatable bonds is 7. The first kappa shape index (κ1) is 21.6. The summed E-state index contributed by atoms with van der Waals surface area (Å²) >= 11 is 0.760. The number of amides is 2. The number of carbonyl (C=O) groups excluding carboxylic acids is 2. The zero-order chi connectivity index (χ0) is 21.9. The third kappa shape index (κ3) is 4.56. The fourth-order valence-corrected chi connectivity index (χ4v) is 5.26. The Bertz CT molecular complexity index is 1160. The minimum atomic E-state index is -3.97. The van der Waals surface area contributed by atoms with Crippen molar-refractivity contribution in [3.63, 3.8) is 0 Å². The zero-order valence-electron chi connectivity index (χ0n) is 16.0. The molecule has 0 spiro atoms. The summed E-state index contributed by atoms with van der Waals surface area (Å²) in [5.74, 6) is -1.53. The highest BCUT2D eigenvalue weighted by Gasteiger charge is 2.28. The Morgan fingerprint density at radius 3 is 2.50 bits per heavy atom. The van der Waals surface area contributed by atoms with Crippen LogP contribution in [0.25, 0.3) is 0 Å². The van der Waals surface area contributed by atoms with Crippen LogP contribution in [0.15, 0.2) is 46.8 Å². The summed E-state index contributed by atoms with van der Waals surface area (Å²) in [5, 5.41) is 11.2. The zero-order valence-corrected chi connectivity index (χ0v) is 17.6. The van der Waals surface area contributed by atoms with E-state index in [-0.39, 0.29) is 27.0 Å². The monoisotopic (exact) mass is 451 g/mol. The highest BCUT2D eigenvalue weighted by atomic mass is 32.2. The van der Waals surface area contributed by atoms with E-state index in [2.05, 4.69) is 20.8 Å². The van der Waals surface area contributed by atoms with Crippen molar-refractivity contribution in [3.8, 4) is 0 Å². The van der Waals surface area contributed by atoms with E-state index in [9.17, 15) is 22.4 Å². The van der Waals surface area contributed by atoms with E-state index >= 15 is 0 Å². The summed E-state index contributed by atoms with van der Waals surface area (Å²) in [6.07, 6.45) is 1.39. The second kappa shape index (κ2) is 8.73. The molecule has 2 amide bonds. The molecule has 30 heavy (non-hydrogen) atoms. The fourth-order valence-electron chi connectivity index (χ4n) is 2.53. The van der Waals surface area contributed by atoms with Gasteiger partial charge in [-0.25, -0.2) is 12.8 Å². The van der Waals surface area contributed by atoms with Gasteiger partial charge in [-0.15, -0.1) is 11.3 Å². The van der Waals surface area contributed by atoms with Gasteiger partial charge < -0.3 is 10.6 Å². The SMILES string of the molecule is CNC(=O)c1cc(S(=O)(=O)N(C)Cc2ccc(F)cc2)sc1NC(=O)c1ccn[nH]1. The van der Waals surface area contributed by atoms with Crippen LogP contribution in [0.5, 0.6) is 0 Å². The molecule has 0 unspecified atom stereocenters. The number of anilines is 1. The molecule has 0 radical (unpaired) electrons. The van der Waals surface area contributed by atoms with Crippen LogP contribution >= 0.6 is 11.3 Å². The molecule has 0 fully saturated rings. The van der Waals surface area contributed by atoms with E-state index in [0.717, 1.165) is 15.6 Å². The van der Waals surface area contributed by atoms with Crippen molar-refractivity contribution in [2.45, 2.75) is 10.8 Å². The summed E-state index contributed by atoms with van der Waals surface area (Å²) in [4.78, 5) is 24.5. The van der Waals surface area contributed by atoms with Crippen LogP contribution in [-0.4, -0.2) is 48.8 Å². The predicted octanol–water partition coefficient (Wildman–Crippen LogP) is 2.04. The molecule has 0 saturated heterocycles. The Morgan fingerprint density at radius 1 is 1.20 bits per heavy atom. The molecular weight excluding hydrogens is 433 g/mol. The van der Waals surface area contributed by atoms with Crippen molar-refractivity contribution in [1.29, 1.82) is 0 Å². The van der Waals surface area contributed by atoms with Gasteiger partial charge in [0, 0.05) is 26.8 Å². The van der Waals surface area contributed by atoms with E-state index in [1.54, 1.807) is 0 Å². The van der Waals surface area contributed by atoms with E-state index < -0.39 is 27.7 Å². The topological polar surface area (TPSA) is 124 Å². The quantitative estimate of drug-likeness (QED) is 0.507. The summed E-state index contributed by atoms with van der Waals surface area (Å²) in [7, 11) is -1.20. The third-order valence-corrected chi connectivity index (χ3v) is 7.44. The number of nitrogens with one attached hydrogen (secondary N) is 3. The third-order valence-electron chi connectivity index (χ3n) is 4.14. The molecule has 0 aliphatic heterocycles. The van der Waals surface area contributed by atoms with Gasteiger partial charge >= 0.3 is 0 Å². The summed E-state index contributed by atoms with van der Waals surface area (Å²) in [5.41, 5.74) is 0.770. The molecule has 0 saturated carbocycles. The molecule has 0 aliphatic carbocycles. The van der Waals surface area contributed by atoms with Crippen LogP contribution in [0.1, 0.15) is 26.4 Å². The smallest absolute Gasteiger partial charge is 0.274 e.